The van der Waals surface area contributed by atoms with Gasteiger partial charge in [0.05, 0.1) is 11.3 Å². The normalized spacial score (nSPS) is 17.7. The monoisotopic (exact) mass is 314 g/mol. The smallest absolute Gasteiger partial charge is 0.223 e. The van der Waals surface area contributed by atoms with Crippen molar-refractivity contribution < 1.29 is 14.7 Å². The Balaban J connectivity index is 2.25. The number of nitrogens with zero attached hydrogens (tertiary/aromatic N) is 2. The minimum atomic E-state index is -0.220. The molecule has 0 atom stereocenters. The van der Waals surface area contributed by atoms with Crippen LogP contribution >= 0.6 is 0 Å². The van der Waals surface area contributed by atoms with Gasteiger partial charge in [0.2, 0.25) is 5.91 Å². The molecule has 1 aromatic carbocycles. The number of benzene rings is 1. The molecule has 5 heteroatoms. The van der Waals surface area contributed by atoms with Crippen LogP contribution in [0.3, 0.4) is 0 Å². The summed E-state index contributed by atoms with van der Waals surface area (Å²) in [5.74, 6) is -0.0808. The second-order valence-electron chi connectivity index (χ2n) is 6.66. The largest absolute Gasteiger partial charge is 0.511 e. The van der Waals surface area contributed by atoms with Crippen LogP contribution in [0.15, 0.2) is 40.6 Å². The van der Waals surface area contributed by atoms with Gasteiger partial charge in [-0.3, -0.25) is 14.6 Å². The highest BCUT2D eigenvalue weighted by Gasteiger charge is 2.32. The molecule has 0 fully saturated rings. The van der Waals surface area contributed by atoms with Crippen molar-refractivity contribution in [1.29, 1.82) is 0 Å². The Morgan fingerprint density at radius 1 is 1.35 bits per heavy atom. The van der Waals surface area contributed by atoms with E-state index in [1.165, 1.54) is 18.0 Å². The van der Waals surface area contributed by atoms with Crippen molar-refractivity contribution in [1.82, 2.24) is 0 Å². The SMILES string of the molecule is CC(=O)N(C)c1cccc(N=CC2=C(O)CC(C)(C)CC2=O)c1. The number of rotatable bonds is 3. The predicted octanol–water partition coefficient (Wildman–Crippen LogP) is 3.57. The Hall–Kier alpha value is -2.43. The summed E-state index contributed by atoms with van der Waals surface area (Å²) in [6.45, 7) is 5.40. The topological polar surface area (TPSA) is 70.0 Å². The second-order valence-corrected chi connectivity index (χ2v) is 6.66. The van der Waals surface area contributed by atoms with E-state index in [0.29, 0.717) is 18.5 Å². The van der Waals surface area contributed by atoms with E-state index in [2.05, 4.69) is 4.99 Å². The first-order valence-electron chi connectivity index (χ1n) is 7.53. The van der Waals surface area contributed by atoms with Gasteiger partial charge in [-0.1, -0.05) is 19.9 Å². The number of aliphatic imine (C=N–C) groups is 1. The highest BCUT2D eigenvalue weighted by molar-refractivity contribution is 6.14. The molecule has 23 heavy (non-hydrogen) atoms. The van der Waals surface area contributed by atoms with Gasteiger partial charge in [0.25, 0.3) is 0 Å². The summed E-state index contributed by atoms with van der Waals surface area (Å²) in [5.41, 5.74) is 1.40. The van der Waals surface area contributed by atoms with Crippen molar-refractivity contribution in [2.45, 2.75) is 33.6 Å². The number of hydrogen-bond acceptors (Lipinski definition) is 4. The van der Waals surface area contributed by atoms with Gasteiger partial charge in [-0.05, 0) is 23.6 Å². The molecular weight excluding hydrogens is 292 g/mol. The first-order chi connectivity index (χ1) is 10.7. The third-order valence-corrected chi connectivity index (χ3v) is 3.93. The van der Waals surface area contributed by atoms with Gasteiger partial charge in [-0.2, -0.15) is 0 Å². The van der Waals surface area contributed by atoms with Gasteiger partial charge in [0.15, 0.2) is 5.78 Å². The summed E-state index contributed by atoms with van der Waals surface area (Å²) in [6, 6.07) is 7.14. The molecule has 0 aromatic heterocycles. The van der Waals surface area contributed by atoms with Crippen LogP contribution in [0.1, 0.15) is 33.6 Å². The molecule has 0 aliphatic heterocycles. The second kappa shape index (κ2) is 6.36. The van der Waals surface area contributed by atoms with Crippen molar-refractivity contribution in [3.05, 3.63) is 35.6 Å². The number of Topliss-reactive ketones (excluding diaryl/α,β-unsaturated/α-hetero) is 1. The van der Waals surface area contributed by atoms with E-state index in [9.17, 15) is 14.7 Å². The van der Waals surface area contributed by atoms with Crippen LogP contribution in [0.5, 0.6) is 0 Å². The van der Waals surface area contributed by atoms with E-state index < -0.39 is 0 Å². The molecule has 5 nitrogen and oxygen atoms in total. The lowest BCUT2D eigenvalue weighted by Crippen LogP contribution is -2.26. The maximum absolute atomic E-state index is 12.1. The number of carbonyl (C=O) groups excluding carboxylic acids is 2. The molecule has 0 spiro atoms. The molecule has 0 radical (unpaired) electrons. The zero-order chi connectivity index (χ0) is 17.2. The molecule has 0 unspecified atom stereocenters. The first-order valence-corrected chi connectivity index (χ1v) is 7.53. The zero-order valence-electron chi connectivity index (χ0n) is 14.0. The van der Waals surface area contributed by atoms with E-state index in [1.807, 2.05) is 19.9 Å². The number of aliphatic hydroxyl groups is 1. The van der Waals surface area contributed by atoms with Crippen LogP contribution in [0, 0.1) is 5.41 Å². The quantitative estimate of drug-likeness (QED) is 0.867. The van der Waals surface area contributed by atoms with Crippen molar-refractivity contribution in [3.63, 3.8) is 0 Å². The third kappa shape index (κ3) is 4.06. The summed E-state index contributed by atoms with van der Waals surface area (Å²) >= 11 is 0. The number of carbonyl (C=O) groups is 2. The minimum Gasteiger partial charge on any atom is -0.511 e. The Morgan fingerprint density at radius 3 is 2.65 bits per heavy atom. The average Bonchev–Trinajstić information content (AvgIpc) is 2.44. The van der Waals surface area contributed by atoms with Crippen LogP contribution in [0.4, 0.5) is 11.4 Å². The number of allylic oxidation sites excluding steroid dienone is 2. The summed E-state index contributed by atoms with van der Waals surface area (Å²) in [6.07, 6.45) is 2.28. The number of amides is 1. The van der Waals surface area contributed by atoms with E-state index in [-0.39, 0.29) is 28.4 Å². The third-order valence-electron chi connectivity index (χ3n) is 3.93. The maximum atomic E-state index is 12.1. The molecule has 1 aliphatic rings. The zero-order valence-corrected chi connectivity index (χ0v) is 14.0. The predicted molar refractivity (Wildman–Crippen MR) is 91.4 cm³/mol. The number of aliphatic hydroxyl groups excluding tert-OH is 1. The van der Waals surface area contributed by atoms with Crippen LogP contribution < -0.4 is 4.90 Å². The van der Waals surface area contributed by atoms with Gasteiger partial charge >= 0.3 is 0 Å². The number of anilines is 1. The fourth-order valence-corrected chi connectivity index (χ4v) is 2.55. The highest BCUT2D eigenvalue weighted by Crippen LogP contribution is 2.35. The van der Waals surface area contributed by atoms with E-state index in [1.54, 1.807) is 25.2 Å². The Morgan fingerprint density at radius 2 is 2.04 bits per heavy atom. The van der Waals surface area contributed by atoms with Crippen LogP contribution in [0.25, 0.3) is 0 Å². The number of ketones is 1. The summed E-state index contributed by atoms with van der Waals surface area (Å²) in [7, 11) is 1.69. The van der Waals surface area contributed by atoms with Crippen molar-refractivity contribution in [2.75, 3.05) is 11.9 Å². The Labute approximate surface area is 136 Å². The molecule has 1 amide bonds. The lowest BCUT2D eigenvalue weighted by Gasteiger charge is -2.28. The fourth-order valence-electron chi connectivity index (χ4n) is 2.55. The van der Waals surface area contributed by atoms with E-state index >= 15 is 0 Å². The van der Waals surface area contributed by atoms with Crippen molar-refractivity contribution >= 4 is 29.3 Å². The van der Waals surface area contributed by atoms with Gasteiger partial charge < -0.3 is 10.0 Å². The lowest BCUT2D eigenvalue weighted by atomic mass is 9.77. The highest BCUT2D eigenvalue weighted by atomic mass is 16.3. The number of hydrogen-bond donors (Lipinski definition) is 1. The Bertz CT molecular complexity index is 702. The molecule has 2 rings (SSSR count). The summed E-state index contributed by atoms with van der Waals surface area (Å²) in [4.78, 5) is 29.4. The molecule has 122 valence electrons. The molecule has 1 N–H and O–H groups in total. The Kier molecular flexibility index (Phi) is 4.68. The van der Waals surface area contributed by atoms with Gasteiger partial charge in [-0.25, -0.2) is 0 Å². The first kappa shape index (κ1) is 16.9. The summed E-state index contributed by atoms with van der Waals surface area (Å²) in [5, 5.41) is 10.1. The van der Waals surface area contributed by atoms with E-state index in [0.717, 1.165) is 5.69 Å². The minimum absolute atomic E-state index is 0.0730. The fraction of sp³-hybridized carbons (Fsp3) is 0.389. The summed E-state index contributed by atoms with van der Waals surface area (Å²) < 4.78 is 0. The molecular formula is C18H22N2O3. The average molecular weight is 314 g/mol. The molecule has 0 saturated heterocycles. The maximum Gasteiger partial charge on any atom is 0.223 e. The van der Waals surface area contributed by atoms with Crippen molar-refractivity contribution in [3.8, 4) is 0 Å². The molecule has 0 heterocycles. The van der Waals surface area contributed by atoms with Crippen LogP contribution in [0.2, 0.25) is 0 Å². The lowest BCUT2D eigenvalue weighted by molar-refractivity contribution is -0.118. The molecule has 1 aliphatic carbocycles. The standard InChI is InChI=1S/C18H22N2O3/c1-12(21)20(4)14-7-5-6-13(8-14)19-11-15-16(22)9-18(2,3)10-17(15)23/h5-8,11,22H,9-10H2,1-4H3. The van der Waals surface area contributed by atoms with Crippen LogP contribution in [-0.2, 0) is 9.59 Å². The molecule has 1 aromatic rings. The van der Waals surface area contributed by atoms with Gasteiger partial charge in [-0.15, -0.1) is 0 Å². The van der Waals surface area contributed by atoms with E-state index in [4.69, 9.17) is 0 Å². The van der Waals surface area contributed by atoms with Crippen molar-refractivity contribution in [2.24, 2.45) is 10.4 Å². The molecule has 0 saturated carbocycles. The van der Waals surface area contributed by atoms with Gasteiger partial charge in [0, 0.05) is 38.7 Å². The van der Waals surface area contributed by atoms with Gasteiger partial charge in [0.1, 0.15) is 5.76 Å². The molecule has 0 bridgehead atoms. The van der Waals surface area contributed by atoms with Crippen LogP contribution in [-0.4, -0.2) is 30.1 Å².